The van der Waals surface area contributed by atoms with Gasteiger partial charge in [0.15, 0.2) is 0 Å². The molecule has 2 saturated carbocycles. The summed E-state index contributed by atoms with van der Waals surface area (Å²) < 4.78 is 0. The summed E-state index contributed by atoms with van der Waals surface area (Å²) in [5.74, 6) is 1.13. The second kappa shape index (κ2) is 6.56. The van der Waals surface area contributed by atoms with Gasteiger partial charge in [0.25, 0.3) is 0 Å². The van der Waals surface area contributed by atoms with Crippen molar-refractivity contribution in [3.8, 4) is 0 Å². The van der Waals surface area contributed by atoms with E-state index in [1.807, 2.05) is 0 Å². The standard InChI is InChI=1S/C22H33N3O3/c1-21-8-5-13(25-28-14-7-10-23-12-14)11-17(21)24-20(27)19-15-3-4-18(26)22(15,2)9-6-16(19)21/h11,14-17,19,23,25H,3-10,12H2,1-2H3,(H,24,27)/t14-,15+,16+,17?,19+,21-,22+/m1/s1. The first-order chi connectivity index (χ1) is 13.4. The highest BCUT2D eigenvalue weighted by atomic mass is 16.7. The van der Waals surface area contributed by atoms with Crippen LogP contribution in [-0.2, 0) is 14.4 Å². The van der Waals surface area contributed by atoms with Crippen LogP contribution in [0.5, 0.6) is 0 Å². The molecule has 5 aliphatic rings. The maximum atomic E-state index is 13.2. The second-order valence-electron chi connectivity index (χ2n) is 10.2. The lowest BCUT2D eigenvalue weighted by Gasteiger charge is -2.57. The fourth-order valence-electron chi connectivity index (χ4n) is 6.90. The number of rotatable bonds is 3. The molecule has 2 aliphatic heterocycles. The van der Waals surface area contributed by atoms with Crippen LogP contribution in [0.4, 0.5) is 0 Å². The third kappa shape index (κ3) is 2.67. The van der Waals surface area contributed by atoms with Crippen LogP contribution < -0.4 is 16.1 Å². The Balaban J connectivity index is 1.35. The first-order valence-corrected chi connectivity index (χ1v) is 11.1. The van der Waals surface area contributed by atoms with Gasteiger partial charge in [-0.05, 0) is 68.4 Å². The van der Waals surface area contributed by atoms with E-state index < -0.39 is 0 Å². The van der Waals surface area contributed by atoms with Crippen LogP contribution in [0.2, 0.25) is 0 Å². The van der Waals surface area contributed by atoms with E-state index in [0.717, 1.165) is 57.3 Å². The zero-order valence-corrected chi connectivity index (χ0v) is 17.1. The summed E-state index contributed by atoms with van der Waals surface area (Å²) >= 11 is 0. The summed E-state index contributed by atoms with van der Waals surface area (Å²) in [6.45, 7) is 6.36. The zero-order chi connectivity index (χ0) is 19.5. The van der Waals surface area contributed by atoms with Gasteiger partial charge in [-0.3, -0.25) is 19.9 Å². The molecule has 0 bridgehead atoms. The molecule has 3 N–H and O–H groups in total. The number of carbonyl (C=O) groups excluding carboxylic acids is 2. The Morgan fingerprint density at radius 3 is 2.75 bits per heavy atom. The number of amides is 1. The highest BCUT2D eigenvalue weighted by Gasteiger charge is 2.62. The van der Waals surface area contributed by atoms with Crippen molar-refractivity contribution in [1.82, 2.24) is 16.1 Å². The van der Waals surface area contributed by atoms with Crippen LogP contribution in [0.1, 0.15) is 58.8 Å². The van der Waals surface area contributed by atoms with Crippen LogP contribution >= 0.6 is 0 Å². The van der Waals surface area contributed by atoms with Crippen molar-refractivity contribution in [1.29, 1.82) is 0 Å². The summed E-state index contributed by atoms with van der Waals surface area (Å²) in [4.78, 5) is 31.5. The van der Waals surface area contributed by atoms with Gasteiger partial charge in [0, 0.05) is 30.0 Å². The summed E-state index contributed by atoms with van der Waals surface area (Å²) in [5.41, 5.74) is 4.05. The molecule has 2 saturated heterocycles. The average molecular weight is 388 g/mol. The minimum Gasteiger partial charge on any atom is -0.349 e. The molecule has 7 atom stereocenters. The van der Waals surface area contributed by atoms with Gasteiger partial charge in [0.1, 0.15) is 5.78 Å². The molecular formula is C22H33N3O3. The lowest BCUT2D eigenvalue weighted by Crippen LogP contribution is -2.64. The van der Waals surface area contributed by atoms with E-state index in [9.17, 15) is 9.59 Å². The van der Waals surface area contributed by atoms with Crippen molar-refractivity contribution in [3.05, 3.63) is 11.8 Å². The Kier molecular flexibility index (Phi) is 4.36. The predicted octanol–water partition coefficient (Wildman–Crippen LogP) is 2.06. The molecule has 1 amide bonds. The molecule has 6 heteroatoms. The molecular weight excluding hydrogens is 354 g/mol. The molecule has 1 unspecified atom stereocenters. The number of hydrogen-bond donors (Lipinski definition) is 3. The van der Waals surface area contributed by atoms with Crippen LogP contribution in [0.15, 0.2) is 11.8 Å². The molecule has 6 nitrogen and oxygen atoms in total. The second-order valence-corrected chi connectivity index (χ2v) is 10.2. The van der Waals surface area contributed by atoms with Crippen LogP contribution in [0.3, 0.4) is 0 Å². The van der Waals surface area contributed by atoms with Crippen molar-refractivity contribution in [3.63, 3.8) is 0 Å². The highest BCUT2D eigenvalue weighted by molar-refractivity contribution is 5.90. The molecule has 0 radical (unpaired) electrons. The van der Waals surface area contributed by atoms with E-state index in [1.165, 1.54) is 0 Å². The molecule has 4 fully saturated rings. The number of hydrogen-bond acceptors (Lipinski definition) is 5. The number of fused-ring (bicyclic) bond motifs is 5. The first-order valence-electron chi connectivity index (χ1n) is 11.1. The van der Waals surface area contributed by atoms with Crippen LogP contribution in [0.25, 0.3) is 0 Å². The fourth-order valence-corrected chi connectivity index (χ4v) is 6.90. The zero-order valence-electron chi connectivity index (χ0n) is 17.1. The van der Waals surface area contributed by atoms with Gasteiger partial charge in [-0.25, -0.2) is 0 Å². The number of hydroxylamine groups is 1. The third-order valence-corrected chi connectivity index (χ3v) is 8.81. The van der Waals surface area contributed by atoms with E-state index in [2.05, 4.69) is 36.0 Å². The summed E-state index contributed by atoms with van der Waals surface area (Å²) in [6, 6.07) is 0.0456. The largest absolute Gasteiger partial charge is 0.349 e. The van der Waals surface area contributed by atoms with E-state index in [-0.39, 0.29) is 40.7 Å². The number of carbonyl (C=O) groups is 2. The summed E-state index contributed by atoms with van der Waals surface area (Å²) in [6.07, 6.45) is 8.90. The minimum absolute atomic E-state index is 0.00447. The van der Waals surface area contributed by atoms with Crippen LogP contribution in [-0.4, -0.2) is 36.9 Å². The molecule has 2 heterocycles. The van der Waals surface area contributed by atoms with Crippen molar-refractivity contribution in [2.75, 3.05) is 13.1 Å². The topological polar surface area (TPSA) is 79.5 Å². The Morgan fingerprint density at radius 1 is 1.11 bits per heavy atom. The first kappa shape index (κ1) is 18.6. The summed E-state index contributed by atoms with van der Waals surface area (Å²) in [7, 11) is 0. The maximum Gasteiger partial charge on any atom is 0.224 e. The Labute approximate surface area is 167 Å². The van der Waals surface area contributed by atoms with E-state index in [1.54, 1.807) is 0 Å². The average Bonchev–Trinajstić information content (AvgIpc) is 3.29. The monoisotopic (exact) mass is 387 g/mol. The Hall–Kier alpha value is -1.40. The molecule has 154 valence electrons. The van der Waals surface area contributed by atoms with Crippen molar-refractivity contribution >= 4 is 11.7 Å². The third-order valence-electron chi connectivity index (χ3n) is 8.81. The van der Waals surface area contributed by atoms with Gasteiger partial charge in [-0.1, -0.05) is 13.8 Å². The Morgan fingerprint density at radius 2 is 1.96 bits per heavy atom. The Bertz CT molecular complexity index is 716. The molecule has 0 aromatic carbocycles. The van der Waals surface area contributed by atoms with Gasteiger partial charge in [-0.2, -0.15) is 0 Å². The predicted molar refractivity (Wildman–Crippen MR) is 105 cm³/mol. The van der Waals surface area contributed by atoms with Crippen LogP contribution in [0, 0.1) is 28.6 Å². The number of Topliss-reactive ketones (excluding diaryl/α,β-unsaturated/α-hetero) is 1. The normalized spacial score (nSPS) is 47.6. The van der Waals surface area contributed by atoms with Gasteiger partial charge in [0.2, 0.25) is 5.91 Å². The van der Waals surface area contributed by atoms with Gasteiger partial charge in [0.05, 0.1) is 12.1 Å². The fraction of sp³-hybridized carbons (Fsp3) is 0.818. The number of piperidine rings is 1. The highest BCUT2D eigenvalue weighted by Crippen LogP contribution is 2.61. The molecule has 5 rings (SSSR count). The number of allylic oxidation sites excluding steroid dienone is 1. The summed E-state index contributed by atoms with van der Waals surface area (Å²) in [5, 5.41) is 6.63. The number of ketones is 1. The van der Waals surface area contributed by atoms with E-state index in [0.29, 0.717) is 18.1 Å². The SMILES string of the molecule is C[C@]12CCC(NO[C@@H]3CCNC3)=CC1NC(=O)[C@@H]1[C@@H]2CC[C@]2(C)C(=O)CC[C@@H]12. The van der Waals surface area contributed by atoms with Gasteiger partial charge < -0.3 is 10.6 Å². The quantitative estimate of drug-likeness (QED) is 0.646. The van der Waals surface area contributed by atoms with Crippen molar-refractivity contribution in [2.45, 2.75) is 70.9 Å². The number of nitrogens with one attached hydrogen (secondary N) is 3. The van der Waals surface area contributed by atoms with Crippen molar-refractivity contribution in [2.24, 2.45) is 28.6 Å². The minimum atomic E-state index is -0.276. The molecule has 0 aromatic rings. The lowest BCUT2D eigenvalue weighted by atomic mass is 9.49. The van der Waals surface area contributed by atoms with Gasteiger partial charge >= 0.3 is 0 Å². The lowest BCUT2D eigenvalue weighted by molar-refractivity contribution is -0.152. The molecule has 0 aromatic heterocycles. The molecule has 3 aliphatic carbocycles. The maximum absolute atomic E-state index is 13.2. The van der Waals surface area contributed by atoms with E-state index in [4.69, 9.17) is 4.84 Å². The molecule has 28 heavy (non-hydrogen) atoms. The smallest absolute Gasteiger partial charge is 0.224 e. The van der Waals surface area contributed by atoms with Crippen molar-refractivity contribution < 1.29 is 14.4 Å². The molecule has 0 spiro atoms. The van der Waals surface area contributed by atoms with E-state index >= 15 is 0 Å². The van der Waals surface area contributed by atoms with Gasteiger partial charge in [-0.15, -0.1) is 0 Å².